The third-order valence-corrected chi connectivity index (χ3v) is 4.06. The van der Waals surface area contributed by atoms with Crippen molar-refractivity contribution in [2.45, 2.75) is 45.6 Å². The molecule has 1 rings (SSSR count). The zero-order valence-electron chi connectivity index (χ0n) is 9.55. The second kappa shape index (κ2) is 7.42. The van der Waals surface area contributed by atoms with E-state index in [1.165, 1.54) is 35.0 Å². The van der Waals surface area contributed by atoms with Crippen molar-refractivity contribution in [3.63, 3.8) is 0 Å². The molecule has 15 heavy (non-hydrogen) atoms. The van der Waals surface area contributed by atoms with Gasteiger partial charge in [0.25, 0.3) is 0 Å². The molecule has 0 amide bonds. The maximum Gasteiger partial charge on any atom is 0.0701 e. The monoisotopic (exact) mass is 289 g/mol. The van der Waals surface area contributed by atoms with Crippen LogP contribution in [0, 0.1) is 0 Å². The van der Waals surface area contributed by atoms with Crippen LogP contribution in [-0.2, 0) is 0 Å². The normalized spacial score (nSPS) is 13.0. The zero-order chi connectivity index (χ0) is 11.1. The van der Waals surface area contributed by atoms with Crippen LogP contribution in [0.1, 0.15) is 51.1 Å². The molecule has 0 aliphatic carbocycles. The largest absolute Gasteiger partial charge is 0.310 e. The molecule has 1 unspecified atom stereocenters. The summed E-state index contributed by atoms with van der Waals surface area (Å²) in [6, 6.07) is 2.79. The van der Waals surface area contributed by atoms with Crippen molar-refractivity contribution >= 4 is 27.3 Å². The summed E-state index contributed by atoms with van der Waals surface area (Å²) in [6.07, 6.45) is 5.21. The van der Waals surface area contributed by atoms with Gasteiger partial charge < -0.3 is 5.32 Å². The van der Waals surface area contributed by atoms with Crippen molar-refractivity contribution in [1.82, 2.24) is 5.32 Å². The molecule has 0 spiro atoms. The van der Waals surface area contributed by atoms with E-state index in [0.717, 1.165) is 6.54 Å². The first-order chi connectivity index (χ1) is 7.27. The highest BCUT2D eigenvalue weighted by Gasteiger charge is 2.11. The van der Waals surface area contributed by atoms with Gasteiger partial charge in [-0.05, 0) is 45.9 Å². The van der Waals surface area contributed by atoms with Crippen LogP contribution in [0.4, 0.5) is 0 Å². The van der Waals surface area contributed by atoms with E-state index in [9.17, 15) is 0 Å². The van der Waals surface area contributed by atoms with E-state index >= 15 is 0 Å². The van der Waals surface area contributed by atoms with Gasteiger partial charge in [-0.3, -0.25) is 0 Å². The minimum atomic E-state index is 0.545. The Kier molecular flexibility index (Phi) is 6.53. The van der Waals surface area contributed by atoms with E-state index in [0.29, 0.717) is 6.04 Å². The molecule has 0 aliphatic heterocycles. The fourth-order valence-corrected chi connectivity index (χ4v) is 2.97. The van der Waals surface area contributed by atoms with Crippen molar-refractivity contribution in [1.29, 1.82) is 0 Å². The van der Waals surface area contributed by atoms with Gasteiger partial charge in [0.15, 0.2) is 0 Å². The number of hydrogen-bond acceptors (Lipinski definition) is 2. The number of nitrogens with one attached hydrogen (secondary N) is 1. The van der Waals surface area contributed by atoms with Crippen LogP contribution in [0.25, 0.3) is 0 Å². The number of unbranched alkanes of at least 4 members (excludes halogenated alkanes) is 2. The Morgan fingerprint density at radius 1 is 1.40 bits per heavy atom. The van der Waals surface area contributed by atoms with E-state index < -0.39 is 0 Å². The summed E-state index contributed by atoms with van der Waals surface area (Å²) in [5, 5.41) is 5.81. The first-order valence-electron chi connectivity index (χ1n) is 5.75. The molecule has 0 aromatic carbocycles. The third-order valence-electron chi connectivity index (χ3n) is 2.54. The van der Waals surface area contributed by atoms with Gasteiger partial charge in [0.2, 0.25) is 0 Å². The van der Waals surface area contributed by atoms with Gasteiger partial charge in [-0.15, -0.1) is 11.3 Å². The Balaban J connectivity index is 2.49. The highest BCUT2D eigenvalue weighted by atomic mass is 79.9. The minimum absolute atomic E-state index is 0.545. The summed E-state index contributed by atoms with van der Waals surface area (Å²) < 4.78 is 1.23. The number of hydrogen-bond donors (Lipinski definition) is 1. The van der Waals surface area contributed by atoms with Crippen molar-refractivity contribution in [3.05, 3.63) is 20.8 Å². The van der Waals surface area contributed by atoms with Gasteiger partial charge in [0.05, 0.1) is 3.79 Å². The Morgan fingerprint density at radius 3 is 2.73 bits per heavy atom. The molecular weight excluding hydrogens is 270 g/mol. The summed E-state index contributed by atoms with van der Waals surface area (Å²) >= 11 is 5.30. The van der Waals surface area contributed by atoms with Crippen LogP contribution in [0.15, 0.2) is 15.2 Å². The third kappa shape index (κ3) is 4.66. The maximum absolute atomic E-state index is 3.56. The maximum atomic E-state index is 3.56. The minimum Gasteiger partial charge on any atom is -0.310 e. The molecule has 0 bridgehead atoms. The predicted octanol–water partition coefficient (Wildman–Crippen LogP) is 4.74. The van der Waals surface area contributed by atoms with Crippen LogP contribution in [0.3, 0.4) is 0 Å². The fraction of sp³-hybridized carbons (Fsp3) is 0.667. The molecule has 3 heteroatoms. The average molecular weight is 290 g/mol. The van der Waals surface area contributed by atoms with Crippen molar-refractivity contribution < 1.29 is 0 Å². The van der Waals surface area contributed by atoms with E-state index in [4.69, 9.17) is 0 Å². The Bertz CT molecular complexity index is 272. The molecule has 1 aromatic heterocycles. The van der Waals surface area contributed by atoms with Crippen molar-refractivity contribution in [2.75, 3.05) is 6.54 Å². The molecule has 0 radical (unpaired) electrons. The quantitative estimate of drug-likeness (QED) is 0.715. The van der Waals surface area contributed by atoms with Gasteiger partial charge in [-0.25, -0.2) is 0 Å². The fourth-order valence-electron chi connectivity index (χ4n) is 1.74. The number of thiophene rings is 1. The highest BCUT2D eigenvalue weighted by molar-refractivity contribution is 9.11. The Morgan fingerprint density at radius 2 is 2.20 bits per heavy atom. The van der Waals surface area contributed by atoms with Crippen molar-refractivity contribution in [2.24, 2.45) is 0 Å². The first-order valence-corrected chi connectivity index (χ1v) is 7.42. The van der Waals surface area contributed by atoms with Crippen LogP contribution >= 0.6 is 27.3 Å². The molecule has 1 nitrogen and oxygen atoms in total. The number of halogens is 1. The second-order valence-electron chi connectivity index (χ2n) is 3.79. The van der Waals surface area contributed by atoms with Gasteiger partial charge >= 0.3 is 0 Å². The summed E-state index contributed by atoms with van der Waals surface area (Å²) in [5.41, 5.74) is 1.44. The highest BCUT2D eigenvalue weighted by Crippen LogP contribution is 2.28. The van der Waals surface area contributed by atoms with E-state index in [2.05, 4.69) is 46.5 Å². The molecule has 1 atom stereocenters. The number of rotatable bonds is 7. The summed E-state index contributed by atoms with van der Waals surface area (Å²) in [7, 11) is 0. The Hall–Kier alpha value is 0.140. The van der Waals surface area contributed by atoms with Crippen molar-refractivity contribution in [3.8, 4) is 0 Å². The second-order valence-corrected chi connectivity index (χ2v) is 6.08. The topological polar surface area (TPSA) is 12.0 Å². The Labute approximate surface area is 105 Å². The molecule has 0 saturated carbocycles. The molecule has 1 heterocycles. The van der Waals surface area contributed by atoms with Crippen LogP contribution < -0.4 is 5.32 Å². The molecule has 0 aliphatic rings. The van der Waals surface area contributed by atoms with Gasteiger partial charge in [0, 0.05) is 6.04 Å². The standard InChI is InChI=1S/C12H20BrNS/c1-3-5-6-7-11(14-4-2)10-8-12(13)15-9-10/h8-9,11,14H,3-7H2,1-2H3. The van der Waals surface area contributed by atoms with E-state index in [1.807, 2.05) is 0 Å². The summed E-state index contributed by atoms with van der Waals surface area (Å²) in [5.74, 6) is 0. The first kappa shape index (κ1) is 13.2. The zero-order valence-corrected chi connectivity index (χ0v) is 12.0. The average Bonchev–Trinajstić information content (AvgIpc) is 2.64. The molecule has 1 N–H and O–H groups in total. The lowest BCUT2D eigenvalue weighted by Crippen LogP contribution is -2.20. The summed E-state index contributed by atoms with van der Waals surface area (Å²) in [4.78, 5) is 0. The lowest BCUT2D eigenvalue weighted by molar-refractivity contribution is 0.487. The van der Waals surface area contributed by atoms with Crippen LogP contribution in [-0.4, -0.2) is 6.54 Å². The lowest BCUT2D eigenvalue weighted by atomic mass is 10.0. The lowest BCUT2D eigenvalue weighted by Gasteiger charge is -2.16. The van der Waals surface area contributed by atoms with E-state index in [1.54, 1.807) is 11.3 Å². The van der Waals surface area contributed by atoms with Gasteiger partial charge in [0.1, 0.15) is 0 Å². The van der Waals surface area contributed by atoms with Gasteiger partial charge in [-0.1, -0.05) is 33.1 Å². The predicted molar refractivity (Wildman–Crippen MR) is 72.6 cm³/mol. The molecular formula is C12H20BrNS. The smallest absolute Gasteiger partial charge is 0.0701 e. The van der Waals surface area contributed by atoms with Crippen LogP contribution in [0.5, 0.6) is 0 Å². The molecule has 0 fully saturated rings. The van der Waals surface area contributed by atoms with E-state index in [-0.39, 0.29) is 0 Å². The molecule has 86 valence electrons. The summed E-state index contributed by atoms with van der Waals surface area (Å²) in [6.45, 7) is 5.47. The molecule has 1 aromatic rings. The van der Waals surface area contributed by atoms with Gasteiger partial charge in [-0.2, -0.15) is 0 Å². The van der Waals surface area contributed by atoms with Crippen LogP contribution in [0.2, 0.25) is 0 Å². The SMILES string of the molecule is CCCCCC(NCC)c1csc(Br)c1. The molecule has 0 saturated heterocycles.